The Morgan fingerprint density at radius 2 is 1.81 bits per heavy atom. The summed E-state index contributed by atoms with van der Waals surface area (Å²) in [5.41, 5.74) is 1.10. The monoisotopic (exact) mass is 376 g/mol. The standard InChI is InChI=1S/C20H29FN4O2/c21-17-7-5-16(6-8-17)14-24-10-3-11-25(13-12-24)15-19(26)23-18-4-1-2-9-22-20(18)27/h5-8,18H,1-4,9-15H2,(H,22,27)(H,23,26)/t18-/m1/s1. The van der Waals surface area contributed by atoms with Gasteiger partial charge in [0.15, 0.2) is 0 Å². The quantitative estimate of drug-likeness (QED) is 0.808. The van der Waals surface area contributed by atoms with Crippen LogP contribution in [-0.4, -0.2) is 66.9 Å². The second kappa shape index (κ2) is 9.80. The molecular weight excluding hydrogens is 347 g/mol. The second-order valence-corrected chi connectivity index (χ2v) is 7.44. The fraction of sp³-hybridized carbons (Fsp3) is 0.600. The first-order valence-electron chi connectivity index (χ1n) is 9.86. The molecule has 2 heterocycles. The van der Waals surface area contributed by atoms with Gasteiger partial charge in [-0.2, -0.15) is 0 Å². The van der Waals surface area contributed by atoms with Gasteiger partial charge in [0.25, 0.3) is 0 Å². The Kier molecular flexibility index (Phi) is 7.18. The highest BCUT2D eigenvalue weighted by Crippen LogP contribution is 2.10. The minimum atomic E-state index is -0.401. The van der Waals surface area contributed by atoms with E-state index in [9.17, 15) is 14.0 Å². The lowest BCUT2D eigenvalue weighted by atomic mass is 10.1. The number of benzene rings is 1. The number of carbonyl (C=O) groups excluding carboxylic acids is 2. The third-order valence-electron chi connectivity index (χ3n) is 5.24. The van der Waals surface area contributed by atoms with Crippen LogP contribution in [0.4, 0.5) is 4.39 Å². The molecule has 1 aromatic carbocycles. The van der Waals surface area contributed by atoms with Gasteiger partial charge in [-0.25, -0.2) is 4.39 Å². The third kappa shape index (κ3) is 6.29. The summed E-state index contributed by atoms with van der Waals surface area (Å²) in [6.45, 7) is 5.32. The van der Waals surface area contributed by atoms with Crippen molar-refractivity contribution in [2.45, 2.75) is 38.3 Å². The molecule has 7 heteroatoms. The summed E-state index contributed by atoms with van der Waals surface area (Å²) in [5, 5.41) is 5.74. The van der Waals surface area contributed by atoms with Crippen LogP contribution in [0.2, 0.25) is 0 Å². The number of nitrogens with one attached hydrogen (secondary N) is 2. The van der Waals surface area contributed by atoms with Crippen LogP contribution in [0.3, 0.4) is 0 Å². The number of rotatable bonds is 5. The first kappa shape index (κ1) is 19.8. The molecule has 6 nitrogen and oxygen atoms in total. The van der Waals surface area contributed by atoms with Crippen molar-refractivity contribution in [1.82, 2.24) is 20.4 Å². The molecule has 148 valence electrons. The SMILES string of the molecule is O=C(CN1CCCN(Cc2ccc(F)cc2)CC1)N[C@@H]1CCCCNC1=O. The van der Waals surface area contributed by atoms with Gasteiger partial charge in [0.1, 0.15) is 11.9 Å². The highest BCUT2D eigenvalue weighted by atomic mass is 19.1. The van der Waals surface area contributed by atoms with Gasteiger partial charge in [0.2, 0.25) is 11.8 Å². The molecule has 2 aliphatic heterocycles. The average molecular weight is 376 g/mol. The van der Waals surface area contributed by atoms with E-state index in [4.69, 9.17) is 0 Å². The predicted octanol–water partition coefficient (Wildman–Crippen LogP) is 1.12. The normalized spacial score (nSPS) is 22.6. The molecule has 0 aromatic heterocycles. The number of halogens is 1. The Bertz CT molecular complexity index is 637. The van der Waals surface area contributed by atoms with Crippen LogP contribution in [0.1, 0.15) is 31.2 Å². The number of hydrogen-bond donors (Lipinski definition) is 2. The third-order valence-corrected chi connectivity index (χ3v) is 5.24. The molecule has 1 atom stereocenters. The van der Waals surface area contributed by atoms with Gasteiger partial charge in [-0.05, 0) is 56.5 Å². The van der Waals surface area contributed by atoms with Crippen LogP contribution in [0, 0.1) is 5.82 Å². The first-order chi connectivity index (χ1) is 13.1. The van der Waals surface area contributed by atoms with Crippen molar-refractivity contribution in [1.29, 1.82) is 0 Å². The zero-order chi connectivity index (χ0) is 19.1. The Labute approximate surface area is 160 Å². The van der Waals surface area contributed by atoms with Crippen molar-refractivity contribution >= 4 is 11.8 Å². The van der Waals surface area contributed by atoms with Gasteiger partial charge in [-0.3, -0.25) is 19.4 Å². The molecule has 2 fully saturated rings. The molecule has 2 amide bonds. The van der Waals surface area contributed by atoms with E-state index in [1.807, 2.05) is 12.1 Å². The number of carbonyl (C=O) groups is 2. The maximum Gasteiger partial charge on any atom is 0.242 e. The fourth-order valence-electron chi connectivity index (χ4n) is 3.71. The van der Waals surface area contributed by atoms with E-state index in [0.717, 1.165) is 57.5 Å². The summed E-state index contributed by atoms with van der Waals surface area (Å²) in [4.78, 5) is 28.8. The van der Waals surface area contributed by atoms with Crippen LogP contribution in [0.15, 0.2) is 24.3 Å². The molecule has 27 heavy (non-hydrogen) atoms. The van der Waals surface area contributed by atoms with Crippen LogP contribution >= 0.6 is 0 Å². The van der Waals surface area contributed by atoms with Gasteiger partial charge >= 0.3 is 0 Å². The minimum absolute atomic E-state index is 0.0674. The molecule has 0 aliphatic carbocycles. The van der Waals surface area contributed by atoms with Gasteiger partial charge in [0, 0.05) is 26.2 Å². The summed E-state index contributed by atoms with van der Waals surface area (Å²) >= 11 is 0. The predicted molar refractivity (Wildman–Crippen MR) is 102 cm³/mol. The van der Waals surface area contributed by atoms with Crippen LogP contribution in [0.5, 0.6) is 0 Å². The lowest BCUT2D eigenvalue weighted by Gasteiger charge is -2.22. The van der Waals surface area contributed by atoms with Gasteiger partial charge in [-0.15, -0.1) is 0 Å². The Hall–Kier alpha value is -1.99. The van der Waals surface area contributed by atoms with E-state index in [0.29, 0.717) is 19.5 Å². The summed E-state index contributed by atoms with van der Waals surface area (Å²) in [6.07, 6.45) is 3.61. The lowest BCUT2D eigenvalue weighted by Crippen LogP contribution is -2.49. The van der Waals surface area contributed by atoms with E-state index >= 15 is 0 Å². The second-order valence-electron chi connectivity index (χ2n) is 7.44. The zero-order valence-electron chi connectivity index (χ0n) is 15.8. The highest BCUT2D eigenvalue weighted by Gasteiger charge is 2.24. The van der Waals surface area contributed by atoms with E-state index in [1.165, 1.54) is 12.1 Å². The van der Waals surface area contributed by atoms with Gasteiger partial charge in [0.05, 0.1) is 6.54 Å². The van der Waals surface area contributed by atoms with Gasteiger partial charge < -0.3 is 10.6 Å². The van der Waals surface area contributed by atoms with Gasteiger partial charge in [-0.1, -0.05) is 12.1 Å². The Morgan fingerprint density at radius 3 is 2.63 bits per heavy atom. The number of hydrogen-bond acceptors (Lipinski definition) is 4. The molecule has 0 bridgehead atoms. The fourth-order valence-corrected chi connectivity index (χ4v) is 3.71. The Balaban J connectivity index is 1.44. The molecule has 0 unspecified atom stereocenters. The maximum absolute atomic E-state index is 13.0. The topological polar surface area (TPSA) is 64.7 Å². The van der Waals surface area contributed by atoms with Crippen LogP contribution in [0.25, 0.3) is 0 Å². The van der Waals surface area contributed by atoms with E-state index in [2.05, 4.69) is 20.4 Å². The molecule has 0 saturated carbocycles. The molecule has 2 saturated heterocycles. The largest absolute Gasteiger partial charge is 0.354 e. The molecule has 2 N–H and O–H groups in total. The average Bonchev–Trinajstić information content (AvgIpc) is 2.98. The molecule has 2 aliphatic rings. The number of nitrogens with zero attached hydrogens (tertiary/aromatic N) is 2. The highest BCUT2D eigenvalue weighted by molar-refractivity contribution is 5.88. The molecular formula is C20H29FN4O2. The minimum Gasteiger partial charge on any atom is -0.354 e. The van der Waals surface area contributed by atoms with Crippen molar-refractivity contribution in [3.8, 4) is 0 Å². The van der Waals surface area contributed by atoms with Crippen molar-refractivity contribution in [2.75, 3.05) is 39.3 Å². The Morgan fingerprint density at radius 1 is 1.07 bits per heavy atom. The smallest absolute Gasteiger partial charge is 0.242 e. The summed E-state index contributed by atoms with van der Waals surface area (Å²) in [6, 6.07) is 6.23. The van der Waals surface area contributed by atoms with E-state index < -0.39 is 6.04 Å². The van der Waals surface area contributed by atoms with Crippen LogP contribution in [-0.2, 0) is 16.1 Å². The van der Waals surface area contributed by atoms with Crippen molar-refractivity contribution in [3.63, 3.8) is 0 Å². The van der Waals surface area contributed by atoms with Crippen molar-refractivity contribution in [2.24, 2.45) is 0 Å². The molecule has 0 spiro atoms. The summed E-state index contributed by atoms with van der Waals surface area (Å²) < 4.78 is 13.0. The summed E-state index contributed by atoms with van der Waals surface area (Å²) in [5.74, 6) is -0.361. The van der Waals surface area contributed by atoms with E-state index in [1.54, 1.807) is 0 Å². The van der Waals surface area contributed by atoms with E-state index in [-0.39, 0.29) is 17.6 Å². The summed E-state index contributed by atoms with van der Waals surface area (Å²) in [7, 11) is 0. The zero-order valence-corrected chi connectivity index (χ0v) is 15.8. The number of amides is 2. The van der Waals surface area contributed by atoms with Crippen molar-refractivity contribution < 1.29 is 14.0 Å². The molecule has 0 radical (unpaired) electrons. The molecule has 3 rings (SSSR count). The molecule has 1 aromatic rings. The van der Waals surface area contributed by atoms with Crippen molar-refractivity contribution in [3.05, 3.63) is 35.6 Å². The lowest BCUT2D eigenvalue weighted by molar-refractivity contribution is -0.129. The van der Waals surface area contributed by atoms with Crippen LogP contribution < -0.4 is 10.6 Å². The maximum atomic E-state index is 13.0. The first-order valence-corrected chi connectivity index (χ1v) is 9.86.